The number of hydrogen-bond acceptors (Lipinski definition) is 3. The van der Waals surface area contributed by atoms with Crippen molar-refractivity contribution in [2.75, 3.05) is 0 Å². The number of carboxylic acids is 1. The molecule has 3 rings (SSSR count). The Balaban J connectivity index is 2.06. The number of benzene rings is 1. The zero-order chi connectivity index (χ0) is 16.0. The molecule has 1 heterocycles. The first-order chi connectivity index (χ1) is 10.4. The molecule has 2 amide bonds. The van der Waals surface area contributed by atoms with Gasteiger partial charge < -0.3 is 5.11 Å². The van der Waals surface area contributed by atoms with Crippen LogP contribution in [-0.2, 0) is 9.59 Å². The largest absolute Gasteiger partial charge is 0.481 e. The highest BCUT2D eigenvalue weighted by Crippen LogP contribution is 2.44. The first-order valence-electron chi connectivity index (χ1n) is 7.27. The van der Waals surface area contributed by atoms with Gasteiger partial charge >= 0.3 is 5.97 Å². The lowest BCUT2D eigenvalue weighted by atomic mass is 9.74. The molecule has 114 valence electrons. The first-order valence-corrected chi connectivity index (χ1v) is 7.27. The topological polar surface area (TPSA) is 74.7 Å². The smallest absolute Gasteiger partial charge is 0.309 e. The summed E-state index contributed by atoms with van der Waals surface area (Å²) in [5.74, 6) is -3.54. The van der Waals surface area contributed by atoms with Crippen LogP contribution in [0.5, 0.6) is 0 Å². The van der Waals surface area contributed by atoms with E-state index in [2.05, 4.69) is 0 Å². The van der Waals surface area contributed by atoms with Crippen LogP contribution in [0.2, 0.25) is 0 Å². The van der Waals surface area contributed by atoms with Gasteiger partial charge in [0.15, 0.2) is 0 Å². The highest BCUT2D eigenvalue weighted by Gasteiger charge is 2.58. The van der Waals surface area contributed by atoms with Gasteiger partial charge in [-0.25, -0.2) is 0 Å². The summed E-state index contributed by atoms with van der Waals surface area (Å²) in [7, 11) is 0. The van der Waals surface area contributed by atoms with E-state index in [-0.39, 0.29) is 11.8 Å². The lowest BCUT2D eigenvalue weighted by Gasteiger charge is -2.29. The third-order valence-corrected chi connectivity index (χ3v) is 4.61. The van der Waals surface area contributed by atoms with Crippen molar-refractivity contribution in [2.45, 2.75) is 19.9 Å². The van der Waals surface area contributed by atoms with Crippen molar-refractivity contribution in [2.24, 2.45) is 17.8 Å². The minimum Gasteiger partial charge on any atom is -0.481 e. The molecule has 1 aromatic carbocycles. The predicted molar refractivity (Wildman–Crippen MR) is 78.9 cm³/mol. The van der Waals surface area contributed by atoms with Crippen LogP contribution in [0.1, 0.15) is 24.2 Å². The van der Waals surface area contributed by atoms with Crippen LogP contribution < -0.4 is 0 Å². The van der Waals surface area contributed by atoms with Crippen molar-refractivity contribution >= 4 is 17.8 Å². The van der Waals surface area contributed by atoms with Crippen LogP contribution in [-0.4, -0.2) is 33.8 Å². The number of imide groups is 1. The number of carbonyl (C=O) groups excluding carboxylic acids is 2. The number of nitrogens with zero attached hydrogens (tertiary/aromatic N) is 1. The molecule has 22 heavy (non-hydrogen) atoms. The van der Waals surface area contributed by atoms with Gasteiger partial charge in [0.2, 0.25) is 5.91 Å². The summed E-state index contributed by atoms with van der Waals surface area (Å²) in [6, 6.07) is 7.82. The standard InChI is InChI=1S/C17H17NO4/c1-9-8-10(2)14-13(17(21)22)12(9)16(20)18(14)15(19)11-6-4-3-5-7-11/h3-9,12-14H,1-2H3,(H,21,22)/t9-,12-,13?,14+/m1/s1. The zero-order valence-corrected chi connectivity index (χ0v) is 12.4. The third kappa shape index (κ3) is 1.96. The molecular weight excluding hydrogens is 282 g/mol. The quantitative estimate of drug-likeness (QED) is 0.669. The average Bonchev–Trinajstić information content (AvgIpc) is 2.76. The van der Waals surface area contributed by atoms with Crippen molar-refractivity contribution in [3.8, 4) is 0 Å². The van der Waals surface area contributed by atoms with Crippen molar-refractivity contribution in [1.29, 1.82) is 0 Å². The Labute approximate surface area is 128 Å². The fraction of sp³-hybridized carbons (Fsp3) is 0.353. The van der Waals surface area contributed by atoms with Crippen LogP contribution in [0.25, 0.3) is 0 Å². The predicted octanol–water partition coefficient (Wildman–Crippen LogP) is 1.95. The van der Waals surface area contributed by atoms with Crippen LogP contribution in [0.4, 0.5) is 0 Å². The molecule has 1 N–H and O–H groups in total. The van der Waals surface area contributed by atoms with Gasteiger partial charge in [0.1, 0.15) is 0 Å². The molecule has 4 atom stereocenters. The Morgan fingerprint density at radius 2 is 1.82 bits per heavy atom. The monoisotopic (exact) mass is 299 g/mol. The Bertz CT molecular complexity index is 679. The van der Waals surface area contributed by atoms with Gasteiger partial charge in [-0.2, -0.15) is 0 Å². The minimum atomic E-state index is -1.02. The Kier molecular flexibility index (Phi) is 3.35. The van der Waals surface area contributed by atoms with Gasteiger partial charge in [0, 0.05) is 5.56 Å². The Morgan fingerprint density at radius 1 is 1.18 bits per heavy atom. The number of aliphatic carboxylic acids is 1. The summed E-state index contributed by atoms with van der Waals surface area (Å²) in [5.41, 5.74) is 1.17. The SMILES string of the molecule is CC1=C[C@@H](C)[C@H]2C(=O)N(C(=O)c3ccccc3)[C@@H]1C2C(=O)O. The van der Waals surface area contributed by atoms with Crippen LogP contribution in [0.3, 0.4) is 0 Å². The molecule has 5 nitrogen and oxygen atoms in total. The molecule has 0 aromatic heterocycles. The highest BCUT2D eigenvalue weighted by molar-refractivity contribution is 6.09. The maximum atomic E-state index is 12.7. The van der Waals surface area contributed by atoms with Crippen molar-refractivity contribution < 1.29 is 19.5 Å². The molecule has 1 saturated heterocycles. The number of carbonyl (C=O) groups is 3. The molecular formula is C17H17NO4. The average molecular weight is 299 g/mol. The van der Waals surface area contributed by atoms with Crippen molar-refractivity contribution in [3.63, 3.8) is 0 Å². The number of carboxylic acid groups (broad SMARTS) is 1. The third-order valence-electron chi connectivity index (χ3n) is 4.61. The Morgan fingerprint density at radius 3 is 2.41 bits per heavy atom. The van der Waals surface area contributed by atoms with E-state index in [1.54, 1.807) is 37.3 Å². The zero-order valence-electron chi connectivity index (χ0n) is 12.4. The van der Waals surface area contributed by atoms with Gasteiger partial charge in [-0.3, -0.25) is 19.3 Å². The van der Waals surface area contributed by atoms with Gasteiger partial charge in [-0.15, -0.1) is 0 Å². The molecule has 0 spiro atoms. The van der Waals surface area contributed by atoms with Crippen LogP contribution in [0.15, 0.2) is 42.0 Å². The van der Waals surface area contributed by atoms with Crippen molar-refractivity contribution in [1.82, 2.24) is 4.90 Å². The maximum Gasteiger partial charge on any atom is 0.309 e. The number of fused-ring (bicyclic) bond motifs is 2. The number of rotatable bonds is 2. The molecule has 1 fully saturated rings. The lowest BCUT2D eigenvalue weighted by molar-refractivity contribution is -0.145. The Hall–Kier alpha value is -2.43. The van der Waals surface area contributed by atoms with Gasteiger partial charge in [0.05, 0.1) is 17.9 Å². The normalized spacial score (nSPS) is 30.2. The van der Waals surface area contributed by atoms with Gasteiger partial charge in [0.25, 0.3) is 5.91 Å². The first kappa shape index (κ1) is 14.5. The van der Waals surface area contributed by atoms with E-state index in [1.165, 1.54) is 0 Å². The lowest BCUT2D eigenvalue weighted by Crippen LogP contribution is -2.42. The summed E-state index contributed by atoms with van der Waals surface area (Å²) >= 11 is 0. The summed E-state index contributed by atoms with van der Waals surface area (Å²) in [4.78, 5) is 38.2. The van der Waals surface area contributed by atoms with Crippen molar-refractivity contribution in [3.05, 3.63) is 47.5 Å². The number of allylic oxidation sites excluding steroid dienone is 1. The van der Waals surface area contributed by atoms with Crippen LogP contribution >= 0.6 is 0 Å². The molecule has 1 aromatic rings. The summed E-state index contributed by atoms with van der Waals surface area (Å²) in [6.07, 6.45) is 1.91. The van der Waals surface area contributed by atoms with E-state index in [0.29, 0.717) is 5.56 Å². The van der Waals surface area contributed by atoms with E-state index in [1.807, 2.05) is 13.0 Å². The molecule has 2 bridgehead atoms. The minimum absolute atomic E-state index is 0.182. The van der Waals surface area contributed by atoms with E-state index < -0.39 is 29.8 Å². The number of likely N-dealkylation sites (tertiary alicyclic amines) is 1. The molecule has 2 aliphatic rings. The molecule has 1 unspecified atom stereocenters. The number of amides is 2. The second-order valence-corrected chi connectivity index (χ2v) is 5.98. The van der Waals surface area contributed by atoms with E-state index >= 15 is 0 Å². The fourth-order valence-corrected chi connectivity index (χ4v) is 3.70. The second kappa shape index (κ2) is 5.09. The molecule has 1 aliphatic heterocycles. The maximum absolute atomic E-state index is 12.7. The van der Waals surface area contributed by atoms with Gasteiger partial charge in [-0.05, 0) is 25.0 Å². The van der Waals surface area contributed by atoms with Gasteiger partial charge in [-0.1, -0.05) is 36.8 Å². The molecule has 0 radical (unpaired) electrons. The summed E-state index contributed by atoms with van der Waals surface area (Å²) < 4.78 is 0. The second-order valence-electron chi connectivity index (χ2n) is 5.98. The van der Waals surface area contributed by atoms with Crippen LogP contribution in [0, 0.1) is 17.8 Å². The van der Waals surface area contributed by atoms with E-state index in [0.717, 1.165) is 10.5 Å². The van der Waals surface area contributed by atoms with E-state index in [4.69, 9.17) is 0 Å². The fourth-order valence-electron chi connectivity index (χ4n) is 3.70. The highest BCUT2D eigenvalue weighted by atomic mass is 16.4. The van der Waals surface area contributed by atoms with E-state index in [9.17, 15) is 19.5 Å². The molecule has 5 heteroatoms. The summed E-state index contributed by atoms with van der Waals surface area (Å²) in [5, 5.41) is 9.53. The molecule has 1 aliphatic carbocycles. The summed E-state index contributed by atoms with van der Waals surface area (Å²) in [6.45, 7) is 3.62. The molecule has 0 saturated carbocycles. The number of hydrogen-bond donors (Lipinski definition) is 1.